The number of rotatable bonds is 5. The topological polar surface area (TPSA) is 86.8 Å². The van der Waals surface area contributed by atoms with Gasteiger partial charge in [0.15, 0.2) is 0 Å². The molecule has 164 valence electrons. The predicted molar refractivity (Wildman–Crippen MR) is 115 cm³/mol. The van der Waals surface area contributed by atoms with Gasteiger partial charge in [0.1, 0.15) is 5.82 Å². The molecule has 0 bridgehead atoms. The molecule has 31 heavy (non-hydrogen) atoms. The van der Waals surface area contributed by atoms with E-state index < -0.39 is 21.8 Å². The first-order valence-corrected chi connectivity index (χ1v) is 11.8. The van der Waals surface area contributed by atoms with Crippen LogP contribution in [0.25, 0.3) is 0 Å². The number of nitrogens with zero attached hydrogens (tertiary/aromatic N) is 2. The Hall–Kier alpha value is -2.78. The van der Waals surface area contributed by atoms with E-state index in [0.717, 1.165) is 18.6 Å². The molecule has 4 rings (SSSR count). The fourth-order valence-corrected chi connectivity index (χ4v) is 5.61. The summed E-state index contributed by atoms with van der Waals surface area (Å²) in [4.78, 5) is 26.8. The monoisotopic (exact) mass is 445 g/mol. The summed E-state index contributed by atoms with van der Waals surface area (Å²) in [6.07, 6.45) is 2.37. The van der Waals surface area contributed by atoms with Crippen LogP contribution in [-0.2, 0) is 19.6 Å². The van der Waals surface area contributed by atoms with Crippen molar-refractivity contribution < 1.29 is 22.4 Å². The Bertz CT molecular complexity index is 1090. The highest BCUT2D eigenvalue weighted by atomic mass is 32.2. The first-order valence-electron chi connectivity index (χ1n) is 10.3. The standard InChI is InChI=1S/C22H24FN3O4S/c23-17-9-11-18(12-10-17)31(29,30)25-13-3-5-16(15-25)22(28)24-19-6-1-2-7-20(19)26-14-4-8-21(26)27/h1-2,6-7,9-12,16H,3-5,8,13-15H2,(H,24,28)/t16-/m0/s1. The van der Waals surface area contributed by atoms with Crippen molar-refractivity contribution in [3.05, 3.63) is 54.3 Å². The fourth-order valence-electron chi connectivity index (χ4n) is 4.08. The first kappa shape index (κ1) is 21.5. The number of amides is 2. The molecule has 2 amide bonds. The summed E-state index contributed by atoms with van der Waals surface area (Å²) in [6.45, 7) is 0.970. The summed E-state index contributed by atoms with van der Waals surface area (Å²) in [7, 11) is -3.81. The lowest BCUT2D eigenvalue weighted by molar-refractivity contribution is -0.121. The van der Waals surface area contributed by atoms with Gasteiger partial charge in [0, 0.05) is 26.1 Å². The average molecular weight is 446 g/mol. The van der Waals surface area contributed by atoms with Crippen molar-refractivity contribution in [2.24, 2.45) is 5.92 Å². The number of hydrogen-bond acceptors (Lipinski definition) is 4. The Labute approximate surface area is 180 Å². The van der Waals surface area contributed by atoms with Gasteiger partial charge in [-0.15, -0.1) is 0 Å². The second kappa shape index (κ2) is 8.76. The van der Waals surface area contributed by atoms with Crippen LogP contribution in [0.3, 0.4) is 0 Å². The number of carbonyl (C=O) groups excluding carboxylic acids is 2. The molecule has 1 atom stereocenters. The van der Waals surface area contributed by atoms with Gasteiger partial charge in [0.2, 0.25) is 21.8 Å². The van der Waals surface area contributed by atoms with Gasteiger partial charge in [-0.1, -0.05) is 12.1 Å². The van der Waals surface area contributed by atoms with Crippen molar-refractivity contribution in [3.63, 3.8) is 0 Å². The van der Waals surface area contributed by atoms with E-state index in [1.54, 1.807) is 23.1 Å². The van der Waals surface area contributed by atoms with Crippen molar-refractivity contribution in [1.82, 2.24) is 4.31 Å². The summed E-state index contributed by atoms with van der Waals surface area (Å²) < 4.78 is 40.3. The molecule has 2 saturated heterocycles. The lowest BCUT2D eigenvalue weighted by Gasteiger charge is -2.31. The summed E-state index contributed by atoms with van der Waals surface area (Å²) in [6, 6.07) is 11.8. The molecule has 1 N–H and O–H groups in total. The molecule has 2 aliphatic rings. The molecule has 2 aliphatic heterocycles. The molecule has 0 unspecified atom stereocenters. The number of para-hydroxylation sites is 2. The van der Waals surface area contributed by atoms with Crippen molar-refractivity contribution >= 4 is 33.2 Å². The zero-order chi connectivity index (χ0) is 22.0. The van der Waals surface area contributed by atoms with Crippen LogP contribution in [0.5, 0.6) is 0 Å². The Morgan fingerprint density at radius 1 is 1.03 bits per heavy atom. The normalized spacial score (nSPS) is 20.1. The zero-order valence-electron chi connectivity index (χ0n) is 17.0. The number of piperidine rings is 1. The molecular weight excluding hydrogens is 421 g/mol. The maximum atomic E-state index is 13.2. The molecule has 0 saturated carbocycles. The molecule has 9 heteroatoms. The third-order valence-corrected chi connectivity index (χ3v) is 7.61. The minimum Gasteiger partial charge on any atom is -0.324 e. The lowest BCUT2D eigenvalue weighted by atomic mass is 9.98. The molecule has 2 aromatic carbocycles. The van der Waals surface area contributed by atoms with Crippen molar-refractivity contribution in [1.29, 1.82) is 0 Å². The summed E-state index contributed by atoms with van der Waals surface area (Å²) in [5.41, 5.74) is 1.20. The highest BCUT2D eigenvalue weighted by Gasteiger charge is 2.34. The number of anilines is 2. The van der Waals surface area contributed by atoms with E-state index in [-0.39, 0.29) is 23.3 Å². The quantitative estimate of drug-likeness (QED) is 0.767. The van der Waals surface area contributed by atoms with Gasteiger partial charge in [-0.05, 0) is 55.7 Å². The van der Waals surface area contributed by atoms with Crippen LogP contribution in [-0.4, -0.2) is 44.2 Å². The minimum absolute atomic E-state index is 0.00727. The third kappa shape index (κ3) is 4.47. The largest absolute Gasteiger partial charge is 0.324 e. The van der Waals surface area contributed by atoms with Crippen LogP contribution < -0.4 is 10.2 Å². The molecular formula is C22H24FN3O4S. The zero-order valence-corrected chi connectivity index (χ0v) is 17.8. The highest BCUT2D eigenvalue weighted by Crippen LogP contribution is 2.31. The average Bonchev–Trinajstić information content (AvgIpc) is 3.20. The Morgan fingerprint density at radius 2 is 1.77 bits per heavy atom. The van der Waals surface area contributed by atoms with Gasteiger partial charge < -0.3 is 10.2 Å². The summed E-state index contributed by atoms with van der Waals surface area (Å²) >= 11 is 0. The Balaban J connectivity index is 1.49. The van der Waals surface area contributed by atoms with E-state index in [9.17, 15) is 22.4 Å². The smallest absolute Gasteiger partial charge is 0.243 e. The lowest BCUT2D eigenvalue weighted by Crippen LogP contribution is -2.43. The molecule has 7 nitrogen and oxygen atoms in total. The predicted octanol–water partition coefficient (Wildman–Crippen LogP) is 2.99. The minimum atomic E-state index is -3.81. The van der Waals surface area contributed by atoms with E-state index in [1.165, 1.54) is 16.4 Å². The SMILES string of the molecule is O=C(Nc1ccccc1N1CCCC1=O)[C@H]1CCCN(S(=O)(=O)c2ccc(F)cc2)C1. The number of sulfonamides is 1. The second-order valence-corrected chi connectivity index (χ2v) is 9.75. The van der Waals surface area contributed by atoms with Gasteiger partial charge in [-0.2, -0.15) is 4.31 Å². The number of carbonyl (C=O) groups is 2. The van der Waals surface area contributed by atoms with E-state index in [0.29, 0.717) is 43.7 Å². The van der Waals surface area contributed by atoms with E-state index in [4.69, 9.17) is 0 Å². The molecule has 0 aromatic heterocycles. The van der Waals surface area contributed by atoms with E-state index in [1.807, 2.05) is 6.07 Å². The molecule has 2 fully saturated rings. The van der Waals surface area contributed by atoms with Crippen molar-refractivity contribution in [3.8, 4) is 0 Å². The maximum absolute atomic E-state index is 13.2. The fraction of sp³-hybridized carbons (Fsp3) is 0.364. The Kier molecular flexibility index (Phi) is 6.06. The summed E-state index contributed by atoms with van der Waals surface area (Å²) in [5, 5.41) is 2.89. The van der Waals surface area contributed by atoms with Gasteiger partial charge in [0.05, 0.1) is 22.2 Å². The van der Waals surface area contributed by atoms with Crippen molar-refractivity contribution in [2.75, 3.05) is 29.9 Å². The maximum Gasteiger partial charge on any atom is 0.243 e. The number of benzene rings is 2. The number of hydrogen-bond donors (Lipinski definition) is 1. The van der Waals surface area contributed by atoms with E-state index in [2.05, 4.69) is 5.32 Å². The second-order valence-electron chi connectivity index (χ2n) is 7.81. The van der Waals surface area contributed by atoms with Crippen LogP contribution in [0.1, 0.15) is 25.7 Å². The van der Waals surface area contributed by atoms with Gasteiger partial charge >= 0.3 is 0 Å². The van der Waals surface area contributed by atoms with Crippen LogP contribution in [0, 0.1) is 11.7 Å². The molecule has 0 aliphatic carbocycles. The molecule has 0 radical (unpaired) electrons. The van der Waals surface area contributed by atoms with E-state index >= 15 is 0 Å². The number of halogens is 1. The highest BCUT2D eigenvalue weighted by molar-refractivity contribution is 7.89. The van der Waals surface area contributed by atoms with Crippen LogP contribution in [0.4, 0.5) is 15.8 Å². The van der Waals surface area contributed by atoms with Gasteiger partial charge in [-0.3, -0.25) is 9.59 Å². The molecule has 0 spiro atoms. The first-order chi connectivity index (χ1) is 14.9. The van der Waals surface area contributed by atoms with Gasteiger partial charge in [0.25, 0.3) is 0 Å². The van der Waals surface area contributed by atoms with Gasteiger partial charge in [-0.25, -0.2) is 12.8 Å². The van der Waals surface area contributed by atoms with Crippen LogP contribution >= 0.6 is 0 Å². The molecule has 2 aromatic rings. The molecule has 2 heterocycles. The summed E-state index contributed by atoms with van der Waals surface area (Å²) in [5.74, 6) is -1.29. The number of nitrogens with one attached hydrogen (secondary N) is 1. The van der Waals surface area contributed by atoms with Crippen molar-refractivity contribution in [2.45, 2.75) is 30.6 Å². The van der Waals surface area contributed by atoms with Crippen LogP contribution in [0.15, 0.2) is 53.4 Å². The van der Waals surface area contributed by atoms with Crippen LogP contribution in [0.2, 0.25) is 0 Å². The third-order valence-electron chi connectivity index (χ3n) is 5.73. The Morgan fingerprint density at radius 3 is 2.48 bits per heavy atom.